The van der Waals surface area contributed by atoms with E-state index >= 15 is 0 Å². The van der Waals surface area contributed by atoms with Crippen molar-refractivity contribution in [1.82, 2.24) is 0 Å². The third-order valence-corrected chi connectivity index (χ3v) is 11.9. The SMILES string of the molecule is CC(CCC(=O)OC1(C)CCOC(=O)C1)C1CCC2C3C(O)CC4CCCCC4(C)C3CCC12C. The molecule has 1 heterocycles. The Morgan fingerprint density at radius 3 is 2.60 bits per heavy atom. The van der Waals surface area contributed by atoms with Crippen molar-refractivity contribution in [2.24, 2.45) is 46.3 Å². The summed E-state index contributed by atoms with van der Waals surface area (Å²) in [5, 5.41) is 11.4. The Kier molecular flexibility index (Phi) is 6.81. The van der Waals surface area contributed by atoms with Crippen molar-refractivity contribution < 1.29 is 24.2 Å². The summed E-state index contributed by atoms with van der Waals surface area (Å²) in [6.07, 6.45) is 13.2. The predicted molar refractivity (Wildman–Crippen MR) is 134 cm³/mol. The van der Waals surface area contributed by atoms with Crippen LogP contribution in [0.1, 0.15) is 111 Å². The number of hydrogen-bond acceptors (Lipinski definition) is 5. The number of carbonyl (C=O) groups is 2. The second-order valence-corrected chi connectivity index (χ2v) is 13.9. The average molecular weight is 489 g/mol. The van der Waals surface area contributed by atoms with Gasteiger partial charge in [0.25, 0.3) is 0 Å². The highest BCUT2D eigenvalue weighted by atomic mass is 16.6. The van der Waals surface area contributed by atoms with Crippen molar-refractivity contribution >= 4 is 11.9 Å². The van der Waals surface area contributed by atoms with Crippen LogP contribution in [0.5, 0.6) is 0 Å². The summed E-state index contributed by atoms with van der Waals surface area (Å²) in [5.74, 6) is 3.06. The number of aliphatic hydroxyl groups excluding tert-OH is 1. The van der Waals surface area contributed by atoms with Gasteiger partial charge in [0.15, 0.2) is 0 Å². The van der Waals surface area contributed by atoms with Crippen LogP contribution in [0, 0.1) is 46.3 Å². The first kappa shape index (κ1) is 25.5. The summed E-state index contributed by atoms with van der Waals surface area (Å²) in [6.45, 7) is 9.58. The fourth-order valence-corrected chi connectivity index (χ4v) is 10.0. The Bertz CT molecular complexity index is 826. The van der Waals surface area contributed by atoms with Gasteiger partial charge in [0.1, 0.15) is 5.60 Å². The summed E-state index contributed by atoms with van der Waals surface area (Å²) >= 11 is 0. The van der Waals surface area contributed by atoms with E-state index in [9.17, 15) is 14.7 Å². The molecular formula is C30H48O5. The van der Waals surface area contributed by atoms with E-state index in [0.29, 0.717) is 60.4 Å². The van der Waals surface area contributed by atoms with Crippen LogP contribution in [-0.2, 0) is 19.1 Å². The first-order valence-corrected chi connectivity index (χ1v) is 14.6. The zero-order valence-corrected chi connectivity index (χ0v) is 22.5. The molecule has 0 aromatic carbocycles. The van der Waals surface area contributed by atoms with Gasteiger partial charge in [-0.2, -0.15) is 0 Å². The van der Waals surface area contributed by atoms with Crippen LogP contribution in [0.3, 0.4) is 0 Å². The Morgan fingerprint density at radius 1 is 1.06 bits per heavy atom. The molecule has 198 valence electrons. The van der Waals surface area contributed by atoms with E-state index in [1.807, 2.05) is 6.92 Å². The minimum Gasteiger partial charge on any atom is -0.465 e. The van der Waals surface area contributed by atoms with Crippen molar-refractivity contribution in [2.75, 3.05) is 6.61 Å². The Labute approximate surface area is 212 Å². The van der Waals surface area contributed by atoms with Gasteiger partial charge in [0.2, 0.25) is 0 Å². The summed E-state index contributed by atoms with van der Waals surface area (Å²) in [6, 6.07) is 0. The van der Waals surface area contributed by atoms with Crippen LogP contribution in [0.2, 0.25) is 0 Å². The van der Waals surface area contributed by atoms with Crippen LogP contribution in [0.4, 0.5) is 0 Å². The second-order valence-electron chi connectivity index (χ2n) is 13.9. The molecule has 0 radical (unpaired) electrons. The number of rotatable bonds is 5. The summed E-state index contributed by atoms with van der Waals surface area (Å²) < 4.78 is 10.8. The molecular weight excluding hydrogens is 440 g/mol. The van der Waals surface area contributed by atoms with Crippen molar-refractivity contribution in [3.63, 3.8) is 0 Å². The Balaban J connectivity index is 1.22. The lowest BCUT2D eigenvalue weighted by Gasteiger charge is -2.62. The van der Waals surface area contributed by atoms with Crippen molar-refractivity contribution in [3.05, 3.63) is 0 Å². The maximum atomic E-state index is 12.7. The number of esters is 2. The molecule has 0 aromatic rings. The van der Waals surface area contributed by atoms with E-state index in [1.165, 1.54) is 51.4 Å². The Morgan fingerprint density at radius 2 is 1.83 bits per heavy atom. The molecule has 5 fully saturated rings. The molecule has 0 spiro atoms. The minimum atomic E-state index is -0.720. The molecule has 5 rings (SSSR count). The molecule has 5 nitrogen and oxygen atoms in total. The molecule has 1 N–H and O–H groups in total. The van der Waals surface area contributed by atoms with Gasteiger partial charge in [0, 0.05) is 12.8 Å². The van der Waals surface area contributed by atoms with E-state index in [-0.39, 0.29) is 29.9 Å². The number of fused-ring (bicyclic) bond motifs is 5. The highest BCUT2D eigenvalue weighted by molar-refractivity contribution is 5.74. The number of carbonyl (C=O) groups excluding carboxylic acids is 2. The lowest BCUT2D eigenvalue weighted by Crippen LogP contribution is -2.57. The van der Waals surface area contributed by atoms with Crippen LogP contribution in [0.15, 0.2) is 0 Å². The predicted octanol–water partition coefficient (Wildman–Crippen LogP) is 6.06. The van der Waals surface area contributed by atoms with Gasteiger partial charge >= 0.3 is 11.9 Å². The lowest BCUT2D eigenvalue weighted by molar-refractivity contribution is -0.175. The number of cyclic esters (lactones) is 1. The molecule has 35 heavy (non-hydrogen) atoms. The van der Waals surface area contributed by atoms with E-state index in [1.54, 1.807) is 0 Å². The molecule has 5 heteroatoms. The van der Waals surface area contributed by atoms with Gasteiger partial charge in [-0.15, -0.1) is 0 Å². The van der Waals surface area contributed by atoms with Gasteiger partial charge in [-0.3, -0.25) is 9.59 Å². The number of hydrogen-bond donors (Lipinski definition) is 1. The first-order valence-electron chi connectivity index (χ1n) is 14.6. The van der Waals surface area contributed by atoms with Gasteiger partial charge < -0.3 is 14.6 Å². The largest absolute Gasteiger partial charge is 0.465 e. The Hall–Kier alpha value is -1.10. The number of ether oxygens (including phenoxy) is 2. The minimum absolute atomic E-state index is 0.132. The molecule has 0 bridgehead atoms. The summed E-state index contributed by atoms with van der Waals surface area (Å²) in [5.41, 5.74) is -0.0241. The summed E-state index contributed by atoms with van der Waals surface area (Å²) in [4.78, 5) is 24.4. The van der Waals surface area contributed by atoms with Gasteiger partial charge in [-0.25, -0.2) is 0 Å². The smallest absolute Gasteiger partial charge is 0.309 e. The molecule has 1 saturated heterocycles. The standard InChI is InChI=1S/C30H48O5/c1-19(8-11-25(32)35-28(2)15-16-34-26(33)18-28)21-9-10-22-27-23(12-14-30(21,22)4)29(3)13-6-5-7-20(29)17-24(27)31/h19-24,27,31H,5-18H2,1-4H3. The van der Waals surface area contributed by atoms with E-state index in [0.717, 1.165) is 12.8 Å². The van der Waals surface area contributed by atoms with Crippen molar-refractivity contribution in [3.8, 4) is 0 Å². The molecule has 10 atom stereocenters. The maximum Gasteiger partial charge on any atom is 0.309 e. The zero-order valence-electron chi connectivity index (χ0n) is 22.5. The lowest BCUT2D eigenvalue weighted by atomic mass is 9.44. The normalized spacial score (nSPS) is 48.2. The van der Waals surface area contributed by atoms with Gasteiger partial charge in [0.05, 0.1) is 19.1 Å². The van der Waals surface area contributed by atoms with Crippen molar-refractivity contribution in [1.29, 1.82) is 0 Å². The third-order valence-electron chi connectivity index (χ3n) is 11.9. The molecule has 10 unspecified atom stereocenters. The zero-order chi connectivity index (χ0) is 25.0. The van der Waals surface area contributed by atoms with E-state index < -0.39 is 5.60 Å². The van der Waals surface area contributed by atoms with Gasteiger partial charge in [-0.1, -0.05) is 33.6 Å². The molecule has 4 aliphatic carbocycles. The third kappa shape index (κ3) is 4.46. The number of aliphatic hydroxyl groups is 1. The fourth-order valence-electron chi connectivity index (χ4n) is 10.0. The molecule has 0 amide bonds. The average Bonchev–Trinajstić information content (AvgIpc) is 3.14. The fraction of sp³-hybridized carbons (Fsp3) is 0.933. The first-order chi connectivity index (χ1) is 16.6. The molecule has 0 aromatic heterocycles. The van der Waals surface area contributed by atoms with E-state index in [4.69, 9.17) is 9.47 Å². The van der Waals surface area contributed by atoms with Gasteiger partial charge in [-0.05, 0) is 105 Å². The quantitative estimate of drug-likeness (QED) is 0.476. The molecule has 4 saturated carbocycles. The van der Waals surface area contributed by atoms with Crippen LogP contribution in [0.25, 0.3) is 0 Å². The second kappa shape index (κ2) is 9.33. The maximum absolute atomic E-state index is 12.7. The molecule has 1 aliphatic heterocycles. The monoisotopic (exact) mass is 488 g/mol. The summed E-state index contributed by atoms with van der Waals surface area (Å²) in [7, 11) is 0. The highest BCUT2D eigenvalue weighted by Crippen LogP contribution is 2.68. The van der Waals surface area contributed by atoms with Crippen LogP contribution < -0.4 is 0 Å². The van der Waals surface area contributed by atoms with Crippen LogP contribution >= 0.6 is 0 Å². The van der Waals surface area contributed by atoms with Crippen molar-refractivity contribution in [2.45, 2.75) is 123 Å². The van der Waals surface area contributed by atoms with Crippen LogP contribution in [-0.4, -0.2) is 35.4 Å². The topological polar surface area (TPSA) is 72.8 Å². The van der Waals surface area contributed by atoms with E-state index in [2.05, 4.69) is 20.8 Å². The molecule has 5 aliphatic rings. The highest BCUT2D eigenvalue weighted by Gasteiger charge is 2.62.